The Morgan fingerprint density at radius 3 is 3.00 bits per heavy atom. The van der Waals surface area contributed by atoms with E-state index >= 15 is 0 Å². The van der Waals surface area contributed by atoms with Crippen molar-refractivity contribution in [1.29, 1.82) is 0 Å². The predicted molar refractivity (Wildman–Crippen MR) is 67.9 cm³/mol. The van der Waals surface area contributed by atoms with Crippen LogP contribution in [0.1, 0.15) is 12.5 Å². The Hall–Kier alpha value is -2.03. The van der Waals surface area contributed by atoms with Gasteiger partial charge in [-0.3, -0.25) is 0 Å². The maximum atomic E-state index is 5.69. The van der Waals surface area contributed by atoms with E-state index in [-0.39, 0.29) is 6.10 Å². The molecule has 2 heterocycles. The third-order valence-electron chi connectivity index (χ3n) is 2.96. The maximum absolute atomic E-state index is 5.69. The van der Waals surface area contributed by atoms with Crippen LogP contribution in [0, 0.1) is 0 Å². The van der Waals surface area contributed by atoms with Crippen molar-refractivity contribution in [2.45, 2.75) is 19.4 Å². The Morgan fingerprint density at radius 2 is 2.18 bits per heavy atom. The predicted octanol–water partition coefficient (Wildman–Crippen LogP) is 2.65. The number of aromatic nitrogens is 1. The largest absolute Gasteiger partial charge is 0.490 e. The summed E-state index contributed by atoms with van der Waals surface area (Å²) in [6.07, 6.45) is 1.24. The first-order valence-corrected chi connectivity index (χ1v) is 5.75. The minimum absolute atomic E-state index is 0.272. The van der Waals surface area contributed by atoms with Gasteiger partial charge >= 0.3 is 0 Å². The first-order valence-electron chi connectivity index (χ1n) is 5.75. The molecule has 0 radical (unpaired) electrons. The number of fused-ring (bicyclic) bond motifs is 1. The molecule has 1 aliphatic heterocycles. The van der Waals surface area contributed by atoms with Crippen LogP contribution in [0.2, 0.25) is 0 Å². The lowest BCUT2D eigenvalue weighted by molar-refractivity contribution is 0.254. The van der Waals surface area contributed by atoms with Gasteiger partial charge in [0.05, 0.1) is 5.69 Å². The van der Waals surface area contributed by atoms with Crippen molar-refractivity contribution in [2.75, 3.05) is 5.73 Å². The smallest absolute Gasteiger partial charge is 0.124 e. The first kappa shape index (κ1) is 10.1. The summed E-state index contributed by atoms with van der Waals surface area (Å²) in [5, 5.41) is 0. The van der Waals surface area contributed by atoms with Gasteiger partial charge in [0.2, 0.25) is 0 Å². The molecule has 1 aromatic heterocycles. The van der Waals surface area contributed by atoms with Crippen LogP contribution in [-0.2, 0) is 6.42 Å². The summed E-state index contributed by atoms with van der Waals surface area (Å²) < 4.78 is 5.68. The van der Waals surface area contributed by atoms with Gasteiger partial charge in [0.15, 0.2) is 0 Å². The van der Waals surface area contributed by atoms with Gasteiger partial charge in [0, 0.05) is 12.0 Å². The van der Waals surface area contributed by atoms with Crippen molar-refractivity contribution in [2.24, 2.45) is 0 Å². The second kappa shape index (κ2) is 3.77. The van der Waals surface area contributed by atoms with Gasteiger partial charge in [-0.15, -0.1) is 0 Å². The Labute approximate surface area is 100 Å². The topological polar surface area (TPSA) is 48.1 Å². The van der Waals surface area contributed by atoms with Crippen LogP contribution in [0.3, 0.4) is 0 Å². The molecule has 0 amide bonds. The molecule has 1 aromatic carbocycles. The van der Waals surface area contributed by atoms with Crippen LogP contribution in [0.4, 0.5) is 5.82 Å². The van der Waals surface area contributed by atoms with E-state index in [2.05, 4.69) is 18.0 Å². The molecule has 1 atom stereocenters. The van der Waals surface area contributed by atoms with Gasteiger partial charge in [0.25, 0.3) is 0 Å². The highest BCUT2D eigenvalue weighted by Gasteiger charge is 2.19. The van der Waals surface area contributed by atoms with Crippen LogP contribution in [-0.4, -0.2) is 11.1 Å². The van der Waals surface area contributed by atoms with Gasteiger partial charge in [-0.2, -0.15) is 0 Å². The molecule has 0 aliphatic carbocycles. The van der Waals surface area contributed by atoms with E-state index in [1.54, 1.807) is 6.07 Å². The second-order valence-electron chi connectivity index (χ2n) is 4.40. The van der Waals surface area contributed by atoms with Crippen LogP contribution < -0.4 is 10.5 Å². The lowest BCUT2D eigenvalue weighted by Gasteiger charge is -2.04. The Kier molecular flexibility index (Phi) is 2.25. The van der Waals surface area contributed by atoms with E-state index in [1.165, 1.54) is 5.56 Å². The lowest BCUT2D eigenvalue weighted by Crippen LogP contribution is -2.05. The number of anilines is 1. The SMILES string of the molecule is CC1Cc2cc(-c3cccc(N)n3)ccc2O1. The number of ether oxygens (including phenoxy) is 1. The van der Waals surface area contributed by atoms with E-state index in [1.807, 2.05) is 24.3 Å². The number of rotatable bonds is 1. The zero-order valence-electron chi connectivity index (χ0n) is 9.68. The maximum Gasteiger partial charge on any atom is 0.124 e. The van der Waals surface area contributed by atoms with Gasteiger partial charge in [-0.05, 0) is 42.8 Å². The number of nitrogens with zero attached hydrogens (tertiary/aromatic N) is 1. The van der Waals surface area contributed by atoms with E-state index in [0.717, 1.165) is 23.4 Å². The standard InChI is InChI=1S/C14H14N2O/c1-9-7-11-8-10(5-6-13(11)17-9)12-3-2-4-14(15)16-12/h2-6,8-9H,7H2,1H3,(H2,15,16). The molecule has 3 nitrogen and oxygen atoms in total. The molecule has 1 unspecified atom stereocenters. The number of nitrogens with two attached hydrogens (primary N) is 1. The van der Waals surface area contributed by atoms with E-state index in [0.29, 0.717) is 5.82 Å². The normalized spacial score (nSPS) is 17.6. The monoisotopic (exact) mass is 226 g/mol. The molecule has 17 heavy (non-hydrogen) atoms. The molecule has 2 N–H and O–H groups in total. The fourth-order valence-electron chi connectivity index (χ4n) is 2.19. The van der Waals surface area contributed by atoms with E-state index < -0.39 is 0 Å². The van der Waals surface area contributed by atoms with Gasteiger partial charge in [-0.25, -0.2) is 4.98 Å². The zero-order valence-corrected chi connectivity index (χ0v) is 9.68. The van der Waals surface area contributed by atoms with E-state index in [4.69, 9.17) is 10.5 Å². The summed E-state index contributed by atoms with van der Waals surface area (Å²) in [6, 6.07) is 11.9. The molecule has 0 fully saturated rings. The summed E-state index contributed by atoms with van der Waals surface area (Å²) in [7, 11) is 0. The van der Waals surface area contributed by atoms with Crippen molar-refractivity contribution in [3.8, 4) is 17.0 Å². The average Bonchev–Trinajstić information content (AvgIpc) is 2.68. The highest BCUT2D eigenvalue weighted by atomic mass is 16.5. The van der Waals surface area contributed by atoms with Crippen molar-refractivity contribution < 1.29 is 4.74 Å². The van der Waals surface area contributed by atoms with Crippen molar-refractivity contribution in [3.05, 3.63) is 42.0 Å². The van der Waals surface area contributed by atoms with Crippen molar-refractivity contribution >= 4 is 5.82 Å². The number of hydrogen-bond acceptors (Lipinski definition) is 3. The summed E-state index contributed by atoms with van der Waals surface area (Å²) in [6.45, 7) is 2.08. The number of pyridine rings is 1. The van der Waals surface area contributed by atoms with Crippen LogP contribution >= 0.6 is 0 Å². The molecule has 2 aromatic rings. The molecule has 0 saturated heterocycles. The van der Waals surface area contributed by atoms with Gasteiger partial charge in [0.1, 0.15) is 17.7 Å². The van der Waals surface area contributed by atoms with Crippen molar-refractivity contribution in [3.63, 3.8) is 0 Å². The average molecular weight is 226 g/mol. The minimum atomic E-state index is 0.272. The Bertz CT molecular complexity index is 566. The molecule has 0 spiro atoms. The number of benzene rings is 1. The number of nitrogen functional groups attached to an aromatic ring is 1. The lowest BCUT2D eigenvalue weighted by atomic mass is 10.0. The van der Waals surface area contributed by atoms with Crippen LogP contribution in [0.25, 0.3) is 11.3 Å². The fourth-order valence-corrected chi connectivity index (χ4v) is 2.19. The van der Waals surface area contributed by atoms with E-state index in [9.17, 15) is 0 Å². The molecule has 86 valence electrons. The molecular weight excluding hydrogens is 212 g/mol. The fraction of sp³-hybridized carbons (Fsp3) is 0.214. The third-order valence-corrected chi connectivity index (χ3v) is 2.96. The summed E-state index contributed by atoms with van der Waals surface area (Å²) in [5.41, 5.74) is 8.95. The zero-order chi connectivity index (χ0) is 11.8. The van der Waals surface area contributed by atoms with Crippen molar-refractivity contribution in [1.82, 2.24) is 4.98 Å². The van der Waals surface area contributed by atoms with Gasteiger partial charge < -0.3 is 10.5 Å². The molecule has 3 heteroatoms. The summed E-state index contributed by atoms with van der Waals surface area (Å²) in [4.78, 5) is 4.32. The minimum Gasteiger partial charge on any atom is -0.490 e. The molecule has 0 saturated carbocycles. The van der Waals surface area contributed by atoms with Gasteiger partial charge in [-0.1, -0.05) is 6.07 Å². The highest BCUT2D eigenvalue weighted by Crippen LogP contribution is 2.32. The first-order chi connectivity index (χ1) is 8.22. The van der Waals surface area contributed by atoms with Crippen LogP contribution in [0.5, 0.6) is 5.75 Å². The number of hydrogen-bond donors (Lipinski definition) is 1. The molecule has 1 aliphatic rings. The third kappa shape index (κ3) is 1.84. The Morgan fingerprint density at radius 1 is 1.29 bits per heavy atom. The Balaban J connectivity index is 2.03. The summed E-state index contributed by atoms with van der Waals surface area (Å²) in [5.74, 6) is 1.54. The molecule has 0 bridgehead atoms. The highest BCUT2D eigenvalue weighted by molar-refractivity contribution is 5.64. The molecular formula is C14H14N2O. The quantitative estimate of drug-likeness (QED) is 0.813. The van der Waals surface area contributed by atoms with Crippen LogP contribution in [0.15, 0.2) is 36.4 Å². The molecule has 3 rings (SSSR count). The second-order valence-corrected chi connectivity index (χ2v) is 4.40. The summed E-state index contributed by atoms with van der Waals surface area (Å²) >= 11 is 0.